The normalized spacial score (nSPS) is 23.0. The first-order valence-electron chi connectivity index (χ1n) is 8.89. The highest BCUT2D eigenvalue weighted by Crippen LogP contribution is 2.37. The summed E-state index contributed by atoms with van der Waals surface area (Å²) in [4.78, 5) is 24.2. The SMILES string of the molecule is CC1(C(=O)OCOCOC(=O)C2(C)CCCCC2)CCCCC1. The Kier molecular flexibility index (Phi) is 6.45. The molecule has 0 radical (unpaired) electrons. The number of rotatable bonds is 6. The molecule has 0 heterocycles. The molecule has 0 amide bonds. The molecule has 132 valence electrons. The maximum absolute atomic E-state index is 12.1. The second-order valence-corrected chi connectivity index (χ2v) is 7.55. The molecule has 2 rings (SSSR count). The van der Waals surface area contributed by atoms with Crippen molar-refractivity contribution >= 4 is 11.9 Å². The Morgan fingerprint density at radius 3 is 1.39 bits per heavy atom. The van der Waals surface area contributed by atoms with Crippen LogP contribution in [-0.2, 0) is 23.8 Å². The van der Waals surface area contributed by atoms with E-state index in [0.29, 0.717) is 0 Å². The zero-order valence-corrected chi connectivity index (χ0v) is 14.5. The summed E-state index contributed by atoms with van der Waals surface area (Å²) in [6, 6.07) is 0. The lowest BCUT2D eigenvalue weighted by molar-refractivity contribution is -0.189. The lowest BCUT2D eigenvalue weighted by Gasteiger charge is -2.31. The van der Waals surface area contributed by atoms with Crippen LogP contribution in [0.15, 0.2) is 0 Å². The molecular formula is C18H30O5. The standard InChI is InChI=1S/C18H30O5/c1-17(9-5-3-6-10-17)15(19)22-13-21-14-23-16(20)18(2)11-7-4-8-12-18/h3-14H2,1-2H3. The summed E-state index contributed by atoms with van der Waals surface area (Å²) in [5, 5.41) is 0. The summed E-state index contributed by atoms with van der Waals surface area (Å²) in [6.45, 7) is 3.60. The third-order valence-corrected chi connectivity index (χ3v) is 5.45. The summed E-state index contributed by atoms with van der Waals surface area (Å²) >= 11 is 0. The van der Waals surface area contributed by atoms with Crippen molar-refractivity contribution in [3.05, 3.63) is 0 Å². The first kappa shape index (κ1) is 18.2. The average molecular weight is 326 g/mol. The van der Waals surface area contributed by atoms with Gasteiger partial charge in [-0.1, -0.05) is 38.5 Å². The molecule has 2 saturated carbocycles. The summed E-state index contributed by atoms with van der Waals surface area (Å²) < 4.78 is 15.5. The number of esters is 2. The van der Waals surface area contributed by atoms with E-state index in [1.54, 1.807) is 0 Å². The quantitative estimate of drug-likeness (QED) is 0.420. The van der Waals surface area contributed by atoms with Crippen molar-refractivity contribution < 1.29 is 23.8 Å². The lowest BCUT2D eigenvalue weighted by atomic mass is 9.76. The Morgan fingerprint density at radius 1 is 0.696 bits per heavy atom. The molecule has 0 aromatic rings. The first-order valence-corrected chi connectivity index (χ1v) is 8.89. The fourth-order valence-corrected chi connectivity index (χ4v) is 3.65. The molecule has 2 aliphatic rings. The van der Waals surface area contributed by atoms with E-state index in [2.05, 4.69) is 0 Å². The molecule has 0 bridgehead atoms. The predicted octanol–water partition coefficient (Wildman–Crippen LogP) is 3.95. The molecule has 0 aromatic carbocycles. The molecular weight excluding hydrogens is 296 g/mol. The molecule has 2 aliphatic carbocycles. The lowest BCUT2D eigenvalue weighted by Crippen LogP contribution is -2.33. The topological polar surface area (TPSA) is 61.8 Å². The van der Waals surface area contributed by atoms with Crippen LogP contribution in [0.4, 0.5) is 0 Å². The van der Waals surface area contributed by atoms with Gasteiger partial charge in [-0.25, -0.2) is 0 Å². The minimum atomic E-state index is -0.381. The average Bonchev–Trinajstić information content (AvgIpc) is 2.55. The highest BCUT2D eigenvalue weighted by Gasteiger charge is 2.37. The highest BCUT2D eigenvalue weighted by atomic mass is 16.8. The van der Waals surface area contributed by atoms with Gasteiger partial charge in [-0.2, -0.15) is 0 Å². The van der Waals surface area contributed by atoms with Gasteiger partial charge in [0.05, 0.1) is 10.8 Å². The molecule has 5 nitrogen and oxygen atoms in total. The second kappa shape index (κ2) is 8.13. The zero-order valence-electron chi connectivity index (χ0n) is 14.5. The predicted molar refractivity (Wildman–Crippen MR) is 85.4 cm³/mol. The number of carbonyl (C=O) groups excluding carboxylic acids is 2. The van der Waals surface area contributed by atoms with Crippen LogP contribution in [0, 0.1) is 10.8 Å². The molecule has 0 unspecified atom stereocenters. The Bertz CT molecular complexity index is 368. The summed E-state index contributed by atoms with van der Waals surface area (Å²) in [7, 11) is 0. The van der Waals surface area contributed by atoms with Crippen LogP contribution >= 0.6 is 0 Å². The van der Waals surface area contributed by atoms with Crippen molar-refractivity contribution in [2.24, 2.45) is 10.8 Å². The van der Waals surface area contributed by atoms with E-state index in [4.69, 9.17) is 14.2 Å². The molecule has 0 aromatic heterocycles. The fraction of sp³-hybridized carbons (Fsp3) is 0.889. The largest absolute Gasteiger partial charge is 0.438 e. The van der Waals surface area contributed by atoms with Crippen LogP contribution in [0.2, 0.25) is 0 Å². The Labute approximate surface area is 139 Å². The van der Waals surface area contributed by atoms with Gasteiger partial charge in [0.2, 0.25) is 0 Å². The van der Waals surface area contributed by atoms with Gasteiger partial charge in [0, 0.05) is 0 Å². The second-order valence-electron chi connectivity index (χ2n) is 7.55. The maximum Gasteiger partial charge on any atom is 0.313 e. The van der Waals surface area contributed by atoms with E-state index in [1.807, 2.05) is 13.8 Å². The third-order valence-electron chi connectivity index (χ3n) is 5.45. The summed E-state index contributed by atoms with van der Waals surface area (Å²) in [5.41, 5.74) is -0.762. The Balaban J connectivity index is 1.62. The number of ether oxygens (including phenoxy) is 3. The summed E-state index contributed by atoms with van der Waals surface area (Å²) in [5.74, 6) is -0.412. The van der Waals surface area contributed by atoms with Crippen LogP contribution in [0.1, 0.15) is 78.1 Å². The van der Waals surface area contributed by atoms with Crippen LogP contribution in [-0.4, -0.2) is 25.5 Å². The van der Waals surface area contributed by atoms with Crippen molar-refractivity contribution in [2.45, 2.75) is 78.1 Å². The molecule has 5 heteroatoms. The van der Waals surface area contributed by atoms with Gasteiger partial charge in [-0.15, -0.1) is 0 Å². The third kappa shape index (κ3) is 4.93. The van der Waals surface area contributed by atoms with Gasteiger partial charge >= 0.3 is 11.9 Å². The number of hydrogen-bond donors (Lipinski definition) is 0. The van der Waals surface area contributed by atoms with Crippen LogP contribution < -0.4 is 0 Å². The van der Waals surface area contributed by atoms with E-state index >= 15 is 0 Å². The van der Waals surface area contributed by atoms with Crippen molar-refractivity contribution in [1.82, 2.24) is 0 Å². The smallest absolute Gasteiger partial charge is 0.313 e. The number of carbonyl (C=O) groups is 2. The molecule has 0 atom stereocenters. The van der Waals surface area contributed by atoms with Crippen LogP contribution in [0.5, 0.6) is 0 Å². The van der Waals surface area contributed by atoms with Crippen molar-refractivity contribution in [2.75, 3.05) is 13.6 Å². The summed E-state index contributed by atoms with van der Waals surface area (Å²) in [6.07, 6.45) is 10.2. The van der Waals surface area contributed by atoms with Crippen LogP contribution in [0.25, 0.3) is 0 Å². The minimum Gasteiger partial charge on any atom is -0.438 e. The highest BCUT2D eigenvalue weighted by molar-refractivity contribution is 5.76. The van der Waals surface area contributed by atoms with Crippen molar-refractivity contribution in [3.8, 4) is 0 Å². The van der Waals surface area contributed by atoms with E-state index < -0.39 is 0 Å². The van der Waals surface area contributed by atoms with Crippen LogP contribution in [0.3, 0.4) is 0 Å². The molecule has 23 heavy (non-hydrogen) atoms. The van der Waals surface area contributed by atoms with E-state index in [0.717, 1.165) is 51.4 Å². The van der Waals surface area contributed by atoms with Crippen molar-refractivity contribution in [1.29, 1.82) is 0 Å². The molecule has 0 saturated heterocycles. The Morgan fingerprint density at radius 2 is 1.04 bits per heavy atom. The van der Waals surface area contributed by atoms with Gasteiger partial charge in [-0.05, 0) is 39.5 Å². The molecule has 0 N–H and O–H groups in total. The number of hydrogen-bond acceptors (Lipinski definition) is 5. The Hall–Kier alpha value is -1.10. The van der Waals surface area contributed by atoms with Gasteiger partial charge in [0.15, 0.2) is 13.6 Å². The van der Waals surface area contributed by atoms with Gasteiger partial charge in [-0.3, -0.25) is 9.59 Å². The van der Waals surface area contributed by atoms with Crippen molar-refractivity contribution in [3.63, 3.8) is 0 Å². The van der Waals surface area contributed by atoms with E-state index in [1.165, 1.54) is 12.8 Å². The van der Waals surface area contributed by atoms with E-state index in [-0.39, 0.29) is 36.4 Å². The van der Waals surface area contributed by atoms with Gasteiger partial charge in [0.25, 0.3) is 0 Å². The van der Waals surface area contributed by atoms with Gasteiger partial charge in [0.1, 0.15) is 0 Å². The minimum absolute atomic E-state index is 0.154. The zero-order chi connectivity index (χ0) is 16.8. The first-order chi connectivity index (χ1) is 11.0. The fourth-order valence-electron chi connectivity index (χ4n) is 3.65. The maximum atomic E-state index is 12.1. The molecule has 2 fully saturated rings. The van der Waals surface area contributed by atoms with Gasteiger partial charge < -0.3 is 14.2 Å². The van der Waals surface area contributed by atoms with E-state index in [9.17, 15) is 9.59 Å². The monoisotopic (exact) mass is 326 g/mol. The molecule has 0 spiro atoms. The molecule has 0 aliphatic heterocycles.